The molecule has 0 aliphatic carbocycles. The summed E-state index contributed by atoms with van der Waals surface area (Å²) in [7, 11) is -3.58. The minimum absolute atomic E-state index is 0.140. The minimum Gasteiger partial charge on any atom is -0.267 e. The van der Waals surface area contributed by atoms with E-state index in [-0.39, 0.29) is 10.5 Å². The highest BCUT2D eigenvalue weighted by atomic mass is 32.2. The second kappa shape index (κ2) is 8.67. The zero-order chi connectivity index (χ0) is 20.1. The number of benzene rings is 2. The Labute approximate surface area is 166 Å². The maximum atomic E-state index is 12.8. The number of sulfonamides is 1. The van der Waals surface area contributed by atoms with E-state index in [2.05, 4.69) is 10.5 Å². The Morgan fingerprint density at radius 1 is 1.04 bits per heavy atom. The molecule has 2 aromatic rings. The van der Waals surface area contributed by atoms with E-state index in [1.807, 2.05) is 38.1 Å². The molecule has 6 nitrogen and oxygen atoms in total. The predicted octanol–water partition coefficient (Wildman–Crippen LogP) is 3.32. The molecule has 7 heteroatoms. The standard InChI is InChI=1S/C21H25N3O3S/c1-16-9-4-5-12-20(16)17(2)22-23-21(25)18-10-8-11-19(15-18)28(26,27)24-13-6-3-7-14-24/h4-5,8-12,15H,3,6-7,13-14H2,1-2H3,(H,23,25)/b22-17-. The first-order valence-corrected chi connectivity index (χ1v) is 10.8. The molecule has 1 N–H and O–H groups in total. The number of carbonyl (C=O) groups excluding carboxylic acids is 1. The molecule has 1 saturated heterocycles. The van der Waals surface area contributed by atoms with Crippen LogP contribution in [0.5, 0.6) is 0 Å². The van der Waals surface area contributed by atoms with Crippen LogP contribution in [0.4, 0.5) is 0 Å². The summed E-state index contributed by atoms with van der Waals surface area (Å²) in [5, 5.41) is 4.17. The van der Waals surface area contributed by atoms with Crippen molar-refractivity contribution in [3.8, 4) is 0 Å². The Bertz CT molecular complexity index is 993. The van der Waals surface area contributed by atoms with Crippen LogP contribution in [-0.4, -0.2) is 37.4 Å². The van der Waals surface area contributed by atoms with E-state index in [0.29, 0.717) is 18.8 Å². The van der Waals surface area contributed by atoms with Gasteiger partial charge in [-0.25, -0.2) is 13.8 Å². The van der Waals surface area contributed by atoms with Crippen LogP contribution < -0.4 is 5.43 Å². The molecule has 1 aliphatic rings. The van der Waals surface area contributed by atoms with E-state index in [4.69, 9.17) is 0 Å². The molecule has 28 heavy (non-hydrogen) atoms. The number of amides is 1. The first-order chi connectivity index (χ1) is 13.4. The lowest BCUT2D eigenvalue weighted by atomic mass is 10.1. The van der Waals surface area contributed by atoms with Crippen molar-refractivity contribution in [3.05, 3.63) is 65.2 Å². The molecular formula is C21H25N3O3S. The summed E-state index contributed by atoms with van der Waals surface area (Å²) in [4.78, 5) is 12.6. The Morgan fingerprint density at radius 3 is 2.46 bits per heavy atom. The molecule has 0 unspecified atom stereocenters. The van der Waals surface area contributed by atoms with Gasteiger partial charge < -0.3 is 0 Å². The second-order valence-corrected chi connectivity index (χ2v) is 8.88. The molecule has 0 radical (unpaired) electrons. The molecule has 1 aliphatic heterocycles. The molecule has 1 fully saturated rings. The summed E-state index contributed by atoms with van der Waals surface area (Å²) in [6.07, 6.45) is 2.78. The third-order valence-electron chi connectivity index (χ3n) is 4.91. The zero-order valence-corrected chi connectivity index (χ0v) is 17.0. The summed E-state index contributed by atoms with van der Waals surface area (Å²) in [5.74, 6) is -0.441. The number of nitrogens with one attached hydrogen (secondary N) is 1. The zero-order valence-electron chi connectivity index (χ0n) is 16.2. The van der Waals surface area contributed by atoms with E-state index in [0.717, 1.165) is 30.4 Å². The van der Waals surface area contributed by atoms with Gasteiger partial charge in [-0.2, -0.15) is 9.41 Å². The lowest BCUT2D eigenvalue weighted by molar-refractivity contribution is 0.0954. The summed E-state index contributed by atoms with van der Waals surface area (Å²) in [5.41, 5.74) is 5.48. The lowest BCUT2D eigenvalue weighted by Crippen LogP contribution is -2.35. The van der Waals surface area contributed by atoms with E-state index in [9.17, 15) is 13.2 Å². The van der Waals surface area contributed by atoms with Gasteiger partial charge in [0.05, 0.1) is 10.6 Å². The molecule has 3 rings (SSSR count). The highest BCUT2D eigenvalue weighted by Crippen LogP contribution is 2.21. The number of rotatable bonds is 5. The maximum absolute atomic E-state index is 12.8. The van der Waals surface area contributed by atoms with Crippen LogP contribution in [0.2, 0.25) is 0 Å². The Morgan fingerprint density at radius 2 is 1.75 bits per heavy atom. The van der Waals surface area contributed by atoms with Crippen LogP contribution in [0.1, 0.15) is 47.7 Å². The lowest BCUT2D eigenvalue weighted by Gasteiger charge is -2.25. The van der Waals surface area contributed by atoms with Crippen LogP contribution >= 0.6 is 0 Å². The van der Waals surface area contributed by atoms with Gasteiger partial charge in [0.1, 0.15) is 0 Å². The number of piperidine rings is 1. The Hall–Kier alpha value is -2.51. The van der Waals surface area contributed by atoms with Crippen LogP contribution in [0.15, 0.2) is 58.5 Å². The first kappa shape index (κ1) is 20.2. The third-order valence-corrected chi connectivity index (χ3v) is 6.80. The van der Waals surface area contributed by atoms with Gasteiger partial charge in [0, 0.05) is 24.2 Å². The SMILES string of the molecule is C/C(=N/NC(=O)c1cccc(S(=O)(=O)N2CCCCC2)c1)c1ccccc1C. The molecule has 0 atom stereocenters. The molecule has 1 heterocycles. The summed E-state index contributed by atoms with van der Waals surface area (Å²) in [6.45, 7) is 4.85. The van der Waals surface area contributed by atoms with Crippen LogP contribution in [0.3, 0.4) is 0 Å². The monoisotopic (exact) mass is 399 g/mol. The first-order valence-electron chi connectivity index (χ1n) is 9.40. The highest BCUT2D eigenvalue weighted by Gasteiger charge is 2.26. The van der Waals surface area contributed by atoms with Gasteiger partial charge >= 0.3 is 0 Å². The summed E-state index contributed by atoms with van der Waals surface area (Å²) >= 11 is 0. The number of carbonyl (C=O) groups is 1. The average molecular weight is 400 g/mol. The molecule has 1 amide bonds. The van der Waals surface area contributed by atoms with Crippen molar-refractivity contribution < 1.29 is 13.2 Å². The Kier molecular flexibility index (Phi) is 6.26. The smallest absolute Gasteiger partial charge is 0.267 e. The topological polar surface area (TPSA) is 78.8 Å². The van der Waals surface area contributed by atoms with Gasteiger partial charge in [0.25, 0.3) is 5.91 Å². The summed E-state index contributed by atoms with van der Waals surface area (Å²) in [6, 6.07) is 13.9. The molecule has 0 saturated carbocycles. The fourth-order valence-electron chi connectivity index (χ4n) is 3.29. The van der Waals surface area contributed by atoms with Crippen molar-refractivity contribution in [2.24, 2.45) is 5.10 Å². The van der Waals surface area contributed by atoms with Gasteiger partial charge in [0.2, 0.25) is 10.0 Å². The van der Waals surface area contributed by atoms with Crippen LogP contribution in [0, 0.1) is 6.92 Å². The molecule has 0 spiro atoms. The highest BCUT2D eigenvalue weighted by molar-refractivity contribution is 7.89. The molecular weight excluding hydrogens is 374 g/mol. The quantitative estimate of drug-likeness (QED) is 0.619. The van der Waals surface area contributed by atoms with E-state index >= 15 is 0 Å². The predicted molar refractivity (Wildman–Crippen MR) is 110 cm³/mol. The molecule has 148 valence electrons. The molecule has 2 aromatic carbocycles. The van der Waals surface area contributed by atoms with E-state index in [1.165, 1.54) is 16.4 Å². The van der Waals surface area contributed by atoms with Gasteiger partial charge in [-0.3, -0.25) is 4.79 Å². The number of hydrogen-bond donors (Lipinski definition) is 1. The normalized spacial score (nSPS) is 16.0. The fourth-order valence-corrected chi connectivity index (χ4v) is 4.85. The largest absolute Gasteiger partial charge is 0.271 e. The van der Waals surface area contributed by atoms with Crippen molar-refractivity contribution in [3.63, 3.8) is 0 Å². The number of hydrazone groups is 1. The minimum atomic E-state index is -3.58. The number of hydrogen-bond acceptors (Lipinski definition) is 4. The van der Waals surface area contributed by atoms with Crippen molar-refractivity contribution in [2.45, 2.75) is 38.0 Å². The average Bonchev–Trinajstić information content (AvgIpc) is 2.73. The van der Waals surface area contributed by atoms with Gasteiger partial charge in [0.15, 0.2) is 0 Å². The van der Waals surface area contributed by atoms with Crippen LogP contribution in [-0.2, 0) is 10.0 Å². The Balaban J connectivity index is 1.77. The second-order valence-electron chi connectivity index (χ2n) is 6.95. The molecule has 0 bridgehead atoms. The fraction of sp³-hybridized carbons (Fsp3) is 0.333. The van der Waals surface area contributed by atoms with Crippen molar-refractivity contribution in [2.75, 3.05) is 13.1 Å². The number of aryl methyl sites for hydroxylation is 1. The van der Waals surface area contributed by atoms with Crippen molar-refractivity contribution in [1.82, 2.24) is 9.73 Å². The van der Waals surface area contributed by atoms with Gasteiger partial charge in [-0.05, 0) is 50.5 Å². The van der Waals surface area contributed by atoms with Gasteiger partial charge in [-0.15, -0.1) is 0 Å². The van der Waals surface area contributed by atoms with Crippen molar-refractivity contribution >= 4 is 21.6 Å². The number of nitrogens with zero attached hydrogens (tertiary/aromatic N) is 2. The van der Waals surface area contributed by atoms with Gasteiger partial charge in [-0.1, -0.05) is 36.8 Å². The van der Waals surface area contributed by atoms with Crippen molar-refractivity contribution in [1.29, 1.82) is 0 Å². The van der Waals surface area contributed by atoms with E-state index in [1.54, 1.807) is 12.1 Å². The molecule has 0 aromatic heterocycles. The summed E-state index contributed by atoms with van der Waals surface area (Å²) < 4.78 is 27.1. The van der Waals surface area contributed by atoms with Crippen LogP contribution in [0.25, 0.3) is 0 Å². The third kappa shape index (κ3) is 4.48. The maximum Gasteiger partial charge on any atom is 0.271 e. The van der Waals surface area contributed by atoms with E-state index < -0.39 is 15.9 Å².